The van der Waals surface area contributed by atoms with E-state index in [2.05, 4.69) is 20.2 Å². The van der Waals surface area contributed by atoms with E-state index in [1.165, 1.54) is 7.11 Å². The van der Waals surface area contributed by atoms with Crippen LogP contribution in [0.25, 0.3) is 0 Å². The third-order valence-corrected chi connectivity index (χ3v) is 4.42. The molecule has 0 spiro atoms. The number of nitrogens with one attached hydrogen (secondary N) is 1. The number of rotatable bonds is 4. The van der Waals surface area contributed by atoms with Crippen LogP contribution in [0.2, 0.25) is 5.02 Å². The summed E-state index contributed by atoms with van der Waals surface area (Å²) in [5.41, 5.74) is 2.15. The van der Waals surface area contributed by atoms with Gasteiger partial charge in [0.25, 0.3) is 5.91 Å². The van der Waals surface area contributed by atoms with Crippen LogP contribution in [-0.4, -0.2) is 52.6 Å². The van der Waals surface area contributed by atoms with Crippen LogP contribution in [0.1, 0.15) is 32.0 Å². The van der Waals surface area contributed by atoms with Gasteiger partial charge in [-0.15, -0.1) is 0 Å². The Hall–Kier alpha value is -2.71. The summed E-state index contributed by atoms with van der Waals surface area (Å²) in [5.74, 6) is -1.49. The number of anilines is 1. The first-order chi connectivity index (χ1) is 12.4. The van der Waals surface area contributed by atoms with Crippen LogP contribution in [0.3, 0.4) is 0 Å². The van der Waals surface area contributed by atoms with Crippen molar-refractivity contribution < 1.29 is 19.4 Å². The van der Waals surface area contributed by atoms with E-state index in [1.54, 1.807) is 6.07 Å². The molecule has 0 bridgehead atoms. The molecule has 0 aliphatic carbocycles. The van der Waals surface area contributed by atoms with Crippen LogP contribution >= 0.6 is 11.6 Å². The molecule has 9 heteroatoms. The number of amides is 1. The zero-order valence-electron chi connectivity index (χ0n) is 14.2. The number of methoxy groups -OCH3 is 1. The van der Waals surface area contributed by atoms with E-state index in [0.29, 0.717) is 11.3 Å². The lowest BCUT2D eigenvalue weighted by Crippen LogP contribution is -2.27. The summed E-state index contributed by atoms with van der Waals surface area (Å²) in [6.07, 6.45) is 2.01. The number of ether oxygens (including phenoxy) is 1. The molecule has 0 radical (unpaired) electrons. The highest BCUT2D eigenvalue weighted by molar-refractivity contribution is 6.33. The number of halogens is 1. The summed E-state index contributed by atoms with van der Waals surface area (Å²) in [6, 6.07) is 3.65. The molecule has 1 aliphatic rings. The molecule has 136 valence electrons. The Kier molecular flexibility index (Phi) is 5.06. The minimum Gasteiger partial charge on any atom is -0.496 e. The van der Waals surface area contributed by atoms with Crippen LogP contribution in [0.15, 0.2) is 18.3 Å². The van der Waals surface area contributed by atoms with Gasteiger partial charge in [0, 0.05) is 13.1 Å². The number of fused-ring (bicyclic) bond motifs is 1. The number of carboxylic acids is 1. The zero-order valence-corrected chi connectivity index (χ0v) is 15.0. The molecule has 0 fully saturated rings. The molecule has 0 unspecified atom stereocenters. The lowest BCUT2D eigenvalue weighted by atomic mass is 9.96. The Bertz CT molecular complexity index is 887. The molecule has 3 rings (SSSR count). The van der Waals surface area contributed by atoms with Gasteiger partial charge in [-0.1, -0.05) is 11.6 Å². The molecule has 2 heterocycles. The SMILES string of the molecule is COc1cc2c(cc1C(=O)Nc1ncc(Cl)c(C(=O)O)n1)CN(C)CC2. The maximum absolute atomic E-state index is 12.7. The largest absolute Gasteiger partial charge is 0.496 e. The number of likely N-dealkylation sites (N-methyl/N-ethyl adjacent to an activating group) is 1. The number of aromatic carboxylic acids is 1. The molecule has 1 aromatic carbocycles. The second-order valence-electron chi connectivity index (χ2n) is 5.96. The second-order valence-corrected chi connectivity index (χ2v) is 6.37. The van der Waals surface area contributed by atoms with Crippen LogP contribution in [0.5, 0.6) is 5.75 Å². The van der Waals surface area contributed by atoms with Crippen LogP contribution < -0.4 is 10.1 Å². The normalized spacial score (nSPS) is 13.8. The summed E-state index contributed by atoms with van der Waals surface area (Å²) >= 11 is 5.74. The highest BCUT2D eigenvalue weighted by Crippen LogP contribution is 2.28. The van der Waals surface area contributed by atoms with Gasteiger partial charge < -0.3 is 14.7 Å². The number of carbonyl (C=O) groups is 2. The fourth-order valence-corrected chi connectivity index (χ4v) is 2.99. The maximum Gasteiger partial charge on any atom is 0.356 e. The molecule has 1 aromatic heterocycles. The van der Waals surface area contributed by atoms with Crippen molar-refractivity contribution in [2.75, 3.05) is 26.0 Å². The Balaban J connectivity index is 1.91. The number of benzene rings is 1. The first kappa shape index (κ1) is 18.1. The Morgan fingerprint density at radius 3 is 2.81 bits per heavy atom. The number of hydrogen-bond acceptors (Lipinski definition) is 6. The Morgan fingerprint density at radius 1 is 1.35 bits per heavy atom. The number of aromatic nitrogens is 2. The smallest absolute Gasteiger partial charge is 0.356 e. The molecule has 1 aliphatic heterocycles. The van der Waals surface area contributed by atoms with E-state index in [4.69, 9.17) is 21.4 Å². The first-order valence-electron chi connectivity index (χ1n) is 7.84. The van der Waals surface area contributed by atoms with Crippen molar-refractivity contribution in [2.24, 2.45) is 0 Å². The Labute approximate surface area is 154 Å². The second kappa shape index (κ2) is 7.27. The average molecular weight is 377 g/mol. The van der Waals surface area contributed by atoms with E-state index < -0.39 is 11.9 Å². The van der Waals surface area contributed by atoms with Gasteiger partial charge in [-0.2, -0.15) is 0 Å². The highest BCUT2D eigenvalue weighted by Gasteiger charge is 2.21. The van der Waals surface area contributed by atoms with Gasteiger partial charge in [-0.25, -0.2) is 14.8 Å². The van der Waals surface area contributed by atoms with Crippen molar-refractivity contribution in [3.63, 3.8) is 0 Å². The fourth-order valence-electron chi connectivity index (χ4n) is 2.82. The van der Waals surface area contributed by atoms with Crippen molar-refractivity contribution in [1.82, 2.24) is 14.9 Å². The van der Waals surface area contributed by atoms with E-state index in [-0.39, 0.29) is 16.7 Å². The summed E-state index contributed by atoms with van der Waals surface area (Å²) in [4.78, 5) is 33.6. The quantitative estimate of drug-likeness (QED) is 0.841. The number of hydrogen-bond donors (Lipinski definition) is 2. The molecule has 8 nitrogen and oxygen atoms in total. The summed E-state index contributed by atoms with van der Waals surface area (Å²) in [7, 11) is 3.51. The van der Waals surface area contributed by atoms with E-state index in [1.807, 2.05) is 13.1 Å². The average Bonchev–Trinajstić information content (AvgIpc) is 2.61. The summed E-state index contributed by atoms with van der Waals surface area (Å²) < 4.78 is 5.35. The maximum atomic E-state index is 12.7. The van der Waals surface area contributed by atoms with Gasteiger partial charge in [0.05, 0.1) is 23.9 Å². The van der Waals surface area contributed by atoms with Crippen molar-refractivity contribution in [3.8, 4) is 5.75 Å². The minimum atomic E-state index is -1.30. The van der Waals surface area contributed by atoms with Gasteiger partial charge in [-0.3, -0.25) is 10.1 Å². The highest BCUT2D eigenvalue weighted by atomic mass is 35.5. The number of carboxylic acid groups (broad SMARTS) is 1. The molecular formula is C17H17ClN4O4. The third-order valence-electron chi connectivity index (χ3n) is 4.14. The molecule has 26 heavy (non-hydrogen) atoms. The monoisotopic (exact) mass is 376 g/mol. The minimum absolute atomic E-state index is 0.107. The molecule has 2 aromatic rings. The van der Waals surface area contributed by atoms with Gasteiger partial charge in [0.1, 0.15) is 5.75 Å². The standard InChI is InChI=1S/C17H17ClN4O4/c1-22-4-3-9-6-13(26-2)11(5-10(9)8-22)15(23)21-17-19-7-12(18)14(20-17)16(24)25/h5-7H,3-4,8H2,1-2H3,(H,24,25)(H,19,20,21,23). The van der Waals surface area contributed by atoms with Crippen LogP contribution in [0, 0.1) is 0 Å². The van der Waals surface area contributed by atoms with E-state index >= 15 is 0 Å². The van der Waals surface area contributed by atoms with Gasteiger partial charge in [0.2, 0.25) is 5.95 Å². The van der Waals surface area contributed by atoms with Gasteiger partial charge in [0.15, 0.2) is 5.69 Å². The van der Waals surface area contributed by atoms with Gasteiger partial charge in [-0.05, 0) is 36.7 Å². The molecule has 0 saturated carbocycles. The van der Waals surface area contributed by atoms with Crippen molar-refractivity contribution >= 4 is 29.4 Å². The van der Waals surface area contributed by atoms with Crippen molar-refractivity contribution in [3.05, 3.63) is 45.7 Å². The summed E-state index contributed by atoms with van der Waals surface area (Å²) in [6.45, 7) is 1.68. The van der Waals surface area contributed by atoms with E-state index in [9.17, 15) is 9.59 Å². The topological polar surface area (TPSA) is 105 Å². The predicted octanol–water partition coefficient (Wildman–Crippen LogP) is 2.08. The lowest BCUT2D eigenvalue weighted by Gasteiger charge is -2.26. The molecule has 0 saturated heterocycles. The lowest BCUT2D eigenvalue weighted by molar-refractivity contribution is 0.0690. The number of carbonyl (C=O) groups excluding carboxylic acids is 1. The fraction of sp³-hybridized carbons (Fsp3) is 0.294. The number of nitrogens with zero attached hydrogens (tertiary/aromatic N) is 3. The van der Waals surface area contributed by atoms with Crippen LogP contribution in [0.4, 0.5) is 5.95 Å². The molecule has 0 atom stereocenters. The third kappa shape index (κ3) is 3.61. The van der Waals surface area contributed by atoms with E-state index in [0.717, 1.165) is 36.8 Å². The predicted molar refractivity (Wildman–Crippen MR) is 95.0 cm³/mol. The van der Waals surface area contributed by atoms with Crippen molar-refractivity contribution in [2.45, 2.75) is 13.0 Å². The summed E-state index contributed by atoms with van der Waals surface area (Å²) in [5, 5.41) is 11.5. The van der Waals surface area contributed by atoms with Crippen molar-refractivity contribution in [1.29, 1.82) is 0 Å². The first-order valence-corrected chi connectivity index (χ1v) is 8.22. The Morgan fingerprint density at radius 2 is 2.12 bits per heavy atom. The molecular weight excluding hydrogens is 360 g/mol. The van der Waals surface area contributed by atoms with Gasteiger partial charge >= 0.3 is 5.97 Å². The molecule has 2 N–H and O–H groups in total. The molecule has 1 amide bonds. The zero-order chi connectivity index (χ0) is 18.8. The van der Waals surface area contributed by atoms with Crippen LogP contribution in [-0.2, 0) is 13.0 Å².